The van der Waals surface area contributed by atoms with E-state index >= 15 is 0 Å². The number of rotatable bonds is 4. The van der Waals surface area contributed by atoms with E-state index < -0.39 is 11.9 Å². The molecule has 13 heavy (non-hydrogen) atoms. The third kappa shape index (κ3) is 20.1. The van der Waals surface area contributed by atoms with Gasteiger partial charge in [0.1, 0.15) is 0 Å². The minimum Gasteiger partial charge on any atom is -0.550 e. The Hall–Kier alpha value is 1.90. The molecule has 0 aliphatic rings. The predicted molar refractivity (Wildman–Crippen MR) is 27.3 cm³/mol. The van der Waals surface area contributed by atoms with Crippen LogP contribution in [0.4, 0.5) is 0 Å². The van der Waals surface area contributed by atoms with Gasteiger partial charge in [-0.3, -0.25) is 4.89 Å². The predicted octanol–water partition coefficient (Wildman–Crippen LogP) is -10.4. The maximum absolute atomic E-state index is 10.3. The molecule has 0 rings (SSSR count). The van der Waals surface area contributed by atoms with Gasteiger partial charge < -0.3 is 9.90 Å². The first-order chi connectivity index (χ1) is 4.66. The first-order valence-corrected chi connectivity index (χ1v) is 2.60. The number of carboxylic acids is 1. The van der Waals surface area contributed by atoms with E-state index in [1.165, 1.54) is 0 Å². The Kier molecular flexibility index (Phi) is 30.4. The molecule has 0 aliphatic carbocycles. The van der Waals surface area contributed by atoms with Crippen LogP contribution in [0.25, 0.3) is 0 Å². The van der Waals surface area contributed by atoms with Crippen LogP contribution in [0.2, 0.25) is 0 Å². The summed E-state index contributed by atoms with van der Waals surface area (Å²) in [5, 5.41) is 9.75. The molecule has 0 unspecified atom stereocenters. The molecule has 8 heteroatoms. The Balaban J connectivity index is -0.000000135. The molecule has 0 fully saturated rings. The van der Waals surface area contributed by atoms with Crippen LogP contribution in [-0.2, 0) is 19.4 Å². The maximum Gasteiger partial charge on any atom is 1.00 e. The summed E-state index contributed by atoms with van der Waals surface area (Å²) in [4.78, 5) is 28.0. The number of hydrogen-bond acceptors (Lipinski definition) is 5. The molecule has 0 aromatic rings. The normalized spacial score (nSPS) is 6.85. The molecule has 0 heterocycles. The van der Waals surface area contributed by atoms with E-state index in [1.807, 2.05) is 0 Å². The standard InChI is InChI=1S/C5H8O5.3Na/c1-9-10-5(8)3-2-4(6)7;;;/h2-3H2,1H3,(H,6,7);;;/q;3*+1/p-1. The molecule has 5 nitrogen and oxygen atoms in total. The molecule has 0 atom stereocenters. The number of carbonyl (C=O) groups is 2. The maximum atomic E-state index is 10.3. The molecule has 0 aromatic carbocycles. The van der Waals surface area contributed by atoms with E-state index in [1.54, 1.807) is 0 Å². The zero-order valence-corrected chi connectivity index (χ0v) is 14.5. The first kappa shape index (κ1) is 24.2. The van der Waals surface area contributed by atoms with E-state index in [2.05, 4.69) is 9.78 Å². The second kappa shape index (κ2) is 16.3. The van der Waals surface area contributed by atoms with Crippen molar-refractivity contribution in [3.05, 3.63) is 0 Å². The fourth-order valence-electron chi connectivity index (χ4n) is 0.339. The van der Waals surface area contributed by atoms with Gasteiger partial charge in [0.2, 0.25) is 0 Å². The second-order valence-corrected chi connectivity index (χ2v) is 1.49. The average Bonchev–Trinajstić information content (AvgIpc) is 1.85. The van der Waals surface area contributed by atoms with Gasteiger partial charge >= 0.3 is 94.6 Å². The Morgan fingerprint density at radius 3 is 1.92 bits per heavy atom. The third-order valence-corrected chi connectivity index (χ3v) is 0.710. The van der Waals surface area contributed by atoms with Crippen molar-refractivity contribution in [3.63, 3.8) is 0 Å². The van der Waals surface area contributed by atoms with Gasteiger partial charge in [-0.1, -0.05) is 0 Å². The average molecular weight is 216 g/mol. The topological polar surface area (TPSA) is 75.7 Å². The molecule has 0 N–H and O–H groups in total. The monoisotopic (exact) mass is 216 g/mol. The molecule has 0 aromatic heterocycles. The van der Waals surface area contributed by atoms with Crippen molar-refractivity contribution in [1.29, 1.82) is 0 Å². The van der Waals surface area contributed by atoms with Crippen LogP contribution < -0.4 is 93.8 Å². The zero-order valence-electron chi connectivity index (χ0n) is 8.46. The summed E-state index contributed by atoms with van der Waals surface area (Å²) in [6.45, 7) is 0. The number of carboxylic acid groups (broad SMARTS) is 1. The SMILES string of the molecule is COOC(=O)CCC(=O)[O-].[Na+].[Na+].[Na+]. The van der Waals surface area contributed by atoms with Crippen LogP contribution in [0.1, 0.15) is 12.8 Å². The molecular weight excluding hydrogens is 209 g/mol. The van der Waals surface area contributed by atoms with Crippen molar-refractivity contribution in [2.75, 3.05) is 7.11 Å². The van der Waals surface area contributed by atoms with Gasteiger partial charge in [0.15, 0.2) is 0 Å². The Bertz CT molecular complexity index is 140. The smallest absolute Gasteiger partial charge is 0.550 e. The van der Waals surface area contributed by atoms with E-state index in [-0.39, 0.29) is 102 Å². The number of hydrogen-bond donors (Lipinski definition) is 0. The zero-order chi connectivity index (χ0) is 7.98. The minimum absolute atomic E-state index is 0. The second-order valence-electron chi connectivity index (χ2n) is 1.49. The molecule has 0 spiro atoms. The van der Waals surface area contributed by atoms with Gasteiger partial charge in [0.25, 0.3) is 0 Å². The van der Waals surface area contributed by atoms with Crippen molar-refractivity contribution in [2.24, 2.45) is 0 Å². The molecule has 0 saturated heterocycles. The molecule has 58 valence electrons. The van der Waals surface area contributed by atoms with Gasteiger partial charge in [-0.25, -0.2) is 4.79 Å². The molecule has 0 amide bonds. The van der Waals surface area contributed by atoms with E-state index in [0.29, 0.717) is 0 Å². The Morgan fingerprint density at radius 1 is 1.15 bits per heavy atom. The van der Waals surface area contributed by atoms with E-state index in [9.17, 15) is 14.7 Å². The van der Waals surface area contributed by atoms with Gasteiger partial charge in [-0.15, -0.1) is 0 Å². The van der Waals surface area contributed by atoms with Crippen LogP contribution >= 0.6 is 0 Å². The van der Waals surface area contributed by atoms with E-state index in [4.69, 9.17) is 0 Å². The Morgan fingerprint density at radius 2 is 1.62 bits per heavy atom. The van der Waals surface area contributed by atoms with Crippen LogP contribution in [0.3, 0.4) is 0 Å². The van der Waals surface area contributed by atoms with Gasteiger partial charge in [-0.05, 0) is 6.42 Å². The van der Waals surface area contributed by atoms with Crippen LogP contribution in [0.15, 0.2) is 0 Å². The number of aliphatic carboxylic acids is 1. The summed E-state index contributed by atoms with van der Waals surface area (Å²) in [5.74, 6) is -2.00. The minimum atomic E-state index is -1.28. The fourth-order valence-corrected chi connectivity index (χ4v) is 0.339. The first-order valence-electron chi connectivity index (χ1n) is 2.60. The summed E-state index contributed by atoms with van der Waals surface area (Å²) in [6.07, 6.45) is -0.571. The quantitative estimate of drug-likeness (QED) is 0.265. The van der Waals surface area contributed by atoms with E-state index in [0.717, 1.165) is 7.11 Å². The molecule has 0 bridgehead atoms. The summed E-state index contributed by atoms with van der Waals surface area (Å²) >= 11 is 0. The van der Waals surface area contributed by atoms with Crippen molar-refractivity contribution in [1.82, 2.24) is 0 Å². The summed E-state index contributed by atoms with van der Waals surface area (Å²) in [5.41, 5.74) is 0. The van der Waals surface area contributed by atoms with Crippen LogP contribution in [0.5, 0.6) is 0 Å². The number of carbonyl (C=O) groups excluding carboxylic acids is 2. The summed E-state index contributed by atoms with van der Waals surface area (Å²) in [7, 11) is 1.16. The fraction of sp³-hybridized carbons (Fsp3) is 0.600. The van der Waals surface area contributed by atoms with Gasteiger partial charge in [0, 0.05) is 5.97 Å². The third-order valence-electron chi connectivity index (χ3n) is 0.710. The van der Waals surface area contributed by atoms with Crippen molar-refractivity contribution < 1.29 is 113 Å². The van der Waals surface area contributed by atoms with Gasteiger partial charge in [0.05, 0.1) is 13.5 Å². The van der Waals surface area contributed by atoms with Crippen LogP contribution in [-0.4, -0.2) is 19.0 Å². The Labute approximate surface area is 143 Å². The molecule has 0 saturated carbocycles. The summed E-state index contributed by atoms with van der Waals surface area (Å²) < 4.78 is 0. The largest absolute Gasteiger partial charge is 1.00 e. The van der Waals surface area contributed by atoms with Crippen molar-refractivity contribution in [3.8, 4) is 0 Å². The van der Waals surface area contributed by atoms with Crippen molar-refractivity contribution >= 4 is 11.9 Å². The van der Waals surface area contributed by atoms with Crippen molar-refractivity contribution in [2.45, 2.75) is 12.8 Å². The summed E-state index contributed by atoms with van der Waals surface area (Å²) in [6, 6.07) is 0. The molecular formula is C5H7Na3O5+2. The molecule has 0 radical (unpaired) electrons. The molecule has 0 aliphatic heterocycles. The van der Waals surface area contributed by atoms with Crippen LogP contribution in [0, 0.1) is 0 Å². The van der Waals surface area contributed by atoms with Gasteiger partial charge in [-0.2, -0.15) is 4.89 Å².